The fraction of sp³-hybridized carbons (Fsp3) is 0.647. The molecule has 106 valence electrons. The third kappa shape index (κ3) is 3.97. The third-order valence-electron chi connectivity index (χ3n) is 4.18. The van der Waals surface area contributed by atoms with E-state index in [1.807, 2.05) is 6.07 Å². The minimum Gasteiger partial charge on any atom is -0.494 e. The zero-order valence-electron chi connectivity index (χ0n) is 12.5. The maximum atomic E-state index is 5.68. The Labute approximate surface area is 117 Å². The number of rotatable bonds is 6. The Hall–Kier alpha value is -1.02. The van der Waals surface area contributed by atoms with Crippen molar-refractivity contribution >= 4 is 0 Å². The second kappa shape index (κ2) is 6.42. The second-order valence-corrected chi connectivity index (χ2v) is 6.31. The highest BCUT2D eigenvalue weighted by Gasteiger charge is 2.33. The van der Waals surface area contributed by atoms with Gasteiger partial charge >= 0.3 is 0 Å². The number of ether oxygens (including phenoxy) is 1. The third-order valence-corrected chi connectivity index (χ3v) is 4.18. The molecule has 2 rings (SSSR count). The predicted molar refractivity (Wildman–Crippen MR) is 80.5 cm³/mol. The normalized spacial score (nSPS) is 21.5. The van der Waals surface area contributed by atoms with Crippen LogP contribution in [-0.2, 0) is 6.54 Å². The zero-order valence-corrected chi connectivity index (χ0v) is 12.5. The number of nitrogens with one attached hydrogen (secondary N) is 1. The number of hydrogen-bond donors (Lipinski definition) is 1. The molecule has 0 spiro atoms. The maximum Gasteiger partial charge on any atom is 0.119 e. The summed E-state index contributed by atoms with van der Waals surface area (Å²) in [5.41, 5.74) is 1.76. The van der Waals surface area contributed by atoms with E-state index in [1.54, 1.807) is 0 Å². The quantitative estimate of drug-likeness (QED) is 0.831. The minimum absolute atomic E-state index is 0.441. The largest absolute Gasteiger partial charge is 0.494 e. The first-order valence-corrected chi connectivity index (χ1v) is 7.57. The minimum atomic E-state index is 0.441. The Balaban J connectivity index is 1.89. The molecule has 1 aliphatic rings. The fourth-order valence-corrected chi connectivity index (χ4v) is 2.91. The van der Waals surface area contributed by atoms with Gasteiger partial charge in [0.25, 0.3) is 0 Å². The fourth-order valence-electron chi connectivity index (χ4n) is 2.91. The van der Waals surface area contributed by atoms with Gasteiger partial charge in [-0.15, -0.1) is 0 Å². The van der Waals surface area contributed by atoms with Crippen molar-refractivity contribution in [3.05, 3.63) is 29.8 Å². The first-order valence-electron chi connectivity index (χ1n) is 7.57. The molecule has 1 saturated carbocycles. The zero-order chi connectivity index (χ0) is 13.7. The Morgan fingerprint density at radius 2 is 2.21 bits per heavy atom. The molecule has 0 aliphatic heterocycles. The lowest BCUT2D eigenvalue weighted by molar-refractivity contribution is 0.282. The van der Waals surface area contributed by atoms with E-state index in [4.69, 9.17) is 4.74 Å². The highest BCUT2D eigenvalue weighted by molar-refractivity contribution is 5.28. The summed E-state index contributed by atoms with van der Waals surface area (Å²) in [5, 5.41) is 3.72. The van der Waals surface area contributed by atoms with Gasteiger partial charge in [-0.2, -0.15) is 0 Å². The van der Waals surface area contributed by atoms with Gasteiger partial charge in [0.05, 0.1) is 6.61 Å². The monoisotopic (exact) mass is 261 g/mol. The van der Waals surface area contributed by atoms with Crippen molar-refractivity contribution in [3.63, 3.8) is 0 Å². The second-order valence-electron chi connectivity index (χ2n) is 6.31. The van der Waals surface area contributed by atoms with Gasteiger partial charge < -0.3 is 10.1 Å². The molecule has 0 heterocycles. The Morgan fingerprint density at radius 1 is 1.37 bits per heavy atom. The summed E-state index contributed by atoms with van der Waals surface area (Å²) in [5.74, 6) is 0.992. The molecule has 1 unspecified atom stereocenters. The topological polar surface area (TPSA) is 21.3 Å². The molecular weight excluding hydrogens is 234 g/mol. The Morgan fingerprint density at radius 3 is 2.89 bits per heavy atom. The van der Waals surface area contributed by atoms with Crippen molar-refractivity contribution in [2.45, 2.75) is 59.0 Å². The molecular formula is C17H27NO. The van der Waals surface area contributed by atoms with E-state index < -0.39 is 0 Å². The molecule has 1 aliphatic carbocycles. The van der Waals surface area contributed by atoms with Crippen LogP contribution in [0.4, 0.5) is 0 Å². The highest BCUT2D eigenvalue weighted by Crippen LogP contribution is 2.37. The Kier molecular flexibility index (Phi) is 4.87. The van der Waals surface area contributed by atoms with E-state index in [-0.39, 0.29) is 0 Å². The molecule has 0 amide bonds. The standard InChI is InChI=1S/C17H27NO/c1-4-11-19-15-8-5-7-14(12-15)13-18-16-9-6-10-17(16,2)3/h5,7-8,12,16,18H,4,6,9-11,13H2,1-3H3. The van der Waals surface area contributed by atoms with Gasteiger partial charge in [0.15, 0.2) is 0 Å². The molecule has 2 heteroatoms. The average Bonchev–Trinajstić information content (AvgIpc) is 2.73. The van der Waals surface area contributed by atoms with E-state index in [2.05, 4.69) is 44.3 Å². The number of benzene rings is 1. The Bertz CT molecular complexity index is 400. The van der Waals surface area contributed by atoms with Crippen LogP contribution in [0.25, 0.3) is 0 Å². The molecule has 0 aromatic heterocycles. The smallest absolute Gasteiger partial charge is 0.119 e. The molecule has 0 saturated heterocycles. The van der Waals surface area contributed by atoms with Crippen LogP contribution in [0, 0.1) is 5.41 Å². The number of hydrogen-bond acceptors (Lipinski definition) is 2. The summed E-state index contributed by atoms with van der Waals surface area (Å²) in [7, 11) is 0. The van der Waals surface area contributed by atoms with Crippen LogP contribution in [0.5, 0.6) is 5.75 Å². The van der Waals surface area contributed by atoms with Gasteiger partial charge in [-0.05, 0) is 42.4 Å². The van der Waals surface area contributed by atoms with Crippen LogP contribution in [0.1, 0.15) is 52.0 Å². The molecule has 0 radical (unpaired) electrons. The van der Waals surface area contributed by atoms with Gasteiger partial charge in [0, 0.05) is 12.6 Å². The van der Waals surface area contributed by atoms with Gasteiger partial charge in [0.2, 0.25) is 0 Å². The lowest BCUT2D eigenvalue weighted by atomic mass is 9.87. The van der Waals surface area contributed by atoms with Gasteiger partial charge in [-0.1, -0.05) is 39.3 Å². The van der Waals surface area contributed by atoms with Crippen molar-refractivity contribution < 1.29 is 4.74 Å². The molecule has 19 heavy (non-hydrogen) atoms. The molecule has 0 bridgehead atoms. The molecule has 1 atom stereocenters. The molecule has 2 nitrogen and oxygen atoms in total. The summed E-state index contributed by atoms with van der Waals surface area (Å²) < 4.78 is 5.68. The van der Waals surface area contributed by atoms with Crippen molar-refractivity contribution in [2.24, 2.45) is 5.41 Å². The molecule has 1 aromatic rings. The van der Waals surface area contributed by atoms with Crippen LogP contribution in [-0.4, -0.2) is 12.6 Å². The summed E-state index contributed by atoms with van der Waals surface area (Å²) in [6.07, 6.45) is 5.05. The lowest BCUT2D eigenvalue weighted by Gasteiger charge is -2.28. The summed E-state index contributed by atoms with van der Waals surface area (Å²) in [4.78, 5) is 0. The van der Waals surface area contributed by atoms with Crippen LogP contribution in [0.2, 0.25) is 0 Å². The van der Waals surface area contributed by atoms with Gasteiger partial charge in [-0.3, -0.25) is 0 Å². The van der Waals surface area contributed by atoms with Crippen molar-refractivity contribution in [1.82, 2.24) is 5.32 Å². The summed E-state index contributed by atoms with van der Waals surface area (Å²) >= 11 is 0. The van der Waals surface area contributed by atoms with Crippen LogP contribution >= 0.6 is 0 Å². The first kappa shape index (κ1) is 14.4. The molecule has 1 fully saturated rings. The van der Waals surface area contributed by atoms with Crippen molar-refractivity contribution in [3.8, 4) is 5.75 Å². The SMILES string of the molecule is CCCOc1cccc(CNC2CCCC2(C)C)c1. The van der Waals surface area contributed by atoms with Crippen LogP contribution < -0.4 is 10.1 Å². The highest BCUT2D eigenvalue weighted by atomic mass is 16.5. The van der Waals surface area contributed by atoms with E-state index in [0.29, 0.717) is 11.5 Å². The van der Waals surface area contributed by atoms with Gasteiger partial charge in [0.1, 0.15) is 5.75 Å². The summed E-state index contributed by atoms with van der Waals surface area (Å²) in [6.45, 7) is 8.62. The van der Waals surface area contributed by atoms with E-state index in [1.165, 1.54) is 24.8 Å². The van der Waals surface area contributed by atoms with Crippen molar-refractivity contribution in [2.75, 3.05) is 6.61 Å². The summed E-state index contributed by atoms with van der Waals surface area (Å²) in [6, 6.07) is 9.10. The molecule has 1 aromatic carbocycles. The molecule has 1 N–H and O–H groups in total. The van der Waals surface area contributed by atoms with Crippen LogP contribution in [0.3, 0.4) is 0 Å². The first-order chi connectivity index (χ1) is 9.12. The van der Waals surface area contributed by atoms with E-state index in [9.17, 15) is 0 Å². The van der Waals surface area contributed by atoms with Crippen molar-refractivity contribution in [1.29, 1.82) is 0 Å². The van der Waals surface area contributed by atoms with Gasteiger partial charge in [-0.25, -0.2) is 0 Å². The average molecular weight is 261 g/mol. The lowest BCUT2D eigenvalue weighted by Crippen LogP contribution is -2.37. The predicted octanol–water partition coefficient (Wildman–Crippen LogP) is 4.14. The van der Waals surface area contributed by atoms with Crippen LogP contribution in [0.15, 0.2) is 24.3 Å². The van der Waals surface area contributed by atoms with E-state index in [0.717, 1.165) is 25.3 Å². The maximum absolute atomic E-state index is 5.68. The van der Waals surface area contributed by atoms with E-state index >= 15 is 0 Å².